The molecule has 6 nitrogen and oxygen atoms in total. The van der Waals surface area contributed by atoms with E-state index in [0.717, 1.165) is 0 Å². The van der Waals surface area contributed by atoms with Gasteiger partial charge in [-0.05, 0) is 37.1 Å². The van der Waals surface area contributed by atoms with Gasteiger partial charge in [-0.2, -0.15) is 0 Å². The quantitative estimate of drug-likeness (QED) is 0.783. The second kappa shape index (κ2) is 8.93. The Bertz CT molecular complexity index is 669. The van der Waals surface area contributed by atoms with Gasteiger partial charge in [-0.15, -0.1) is 0 Å². The van der Waals surface area contributed by atoms with E-state index in [1.165, 1.54) is 4.90 Å². The molecule has 2 unspecified atom stereocenters. The van der Waals surface area contributed by atoms with Crippen LogP contribution in [0.25, 0.3) is 0 Å². The number of carboxylic acid groups (broad SMARTS) is 1. The molecule has 1 heterocycles. The summed E-state index contributed by atoms with van der Waals surface area (Å²) in [5.41, 5.74) is 0.427. The van der Waals surface area contributed by atoms with Crippen LogP contribution in [0.2, 0.25) is 5.02 Å². The van der Waals surface area contributed by atoms with Crippen LogP contribution in [-0.2, 0) is 9.59 Å². The van der Waals surface area contributed by atoms with Crippen LogP contribution < -0.4 is 5.32 Å². The topological polar surface area (TPSA) is 86.7 Å². The third-order valence-electron chi connectivity index (χ3n) is 4.20. The zero-order valence-corrected chi connectivity index (χ0v) is 14.6. The molecule has 0 aromatic heterocycles. The summed E-state index contributed by atoms with van der Waals surface area (Å²) < 4.78 is 24.9. The van der Waals surface area contributed by atoms with Crippen LogP contribution in [-0.4, -0.2) is 53.3 Å². The zero-order valence-electron chi connectivity index (χ0n) is 13.8. The van der Waals surface area contributed by atoms with E-state index in [2.05, 4.69) is 5.32 Å². The molecule has 1 aromatic rings. The first-order valence-corrected chi connectivity index (χ1v) is 8.52. The van der Waals surface area contributed by atoms with E-state index >= 15 is 0 Å². The van der Waals surface area contributed by atoms with Crippen LogP contribution in [0.15, 0.2) is 24.3 Å². The highest BCUT2D eigenvalue weighted by molar-refractivity contribution is 6.30. The van der Waals surface area contributed by atoms with Gasteiger partial charge in [-0.25, -0.2) is 13.6 Å². The van der Waals surface area contributed by atoms with E-state index in [-0.39, 0.29) is 12.5 Å². The molecule has 142 valence electrons. The molecule has 0 saturated carbocycles. The Labute approximate surface area is 154 Å². The van der Waals surface area contributed by atoms with Gasteiger partial charge in [-0.3, -0.25) is 9.59 Å². The predicted molar refractivity (Wildman–Crippen MR) is 90.3 cm³/mol. The molecule has 1 fully saturated rings. The Balaban J connectivity index is 2.00. The van der Waals surface area contributed by atoms with E-state index in [0.29, 0.717) is 30.0 Å². The maximum atomic E-state index is 12.5. The minimum absolute atomic E-state index is 0.105. The highest BCUT2D eigenvalue weighted by Gasteiger charge is 2.32. The van der Waals surface area contributed by atoms with E-state index in [1.54, 1.807) is 24.3 Å². The normalized spacial score (nSPS) is 18.5. The molecule has 2 N–H and O–H groups in total. The zero-order chi connectivity index (χ0) is 19.3. The fraction of sp³-hybridized carbons (Fsp3) is 0.471. The first-order chi connectivity index (χ1) is 12.3. The molecule has 1 aliphatic rings. The van der Waals surface area contributed by atoms with Crippen LogP contribution in [0.5, 0.6) is 0 Å². The van der Waals surface area contributed by atoms with Crippen molar-refractivity contribution in [2.75, 3.05) is 13.1 Å². The van der Waals surface area contributed by atoms with E-state index < -0.39 is 36.7 Å². The molecule has 2 atom stereocenters. The van der Waals surface area contributed by atoms with Gasteiger partial charge in [0.15, 0.2) is 0 Å². The molecule has 0 radical (unpaired) electrons. The van der Waals surface area contributed by atoms with Gasteiger partial charge in [0.25, 0.3) is 5.91 Å². The molecule has 2 rings (SSSR count). The largest absolute Gasteiger partial charge is 0.480 e. The van der Waals surface area contributed by atoms with Crippen LogP contribution in [0.1, 0.15) is 29.6 Å². The number of carboxylic acids is 1. The second-order valence-corrected chi connectivity index (χ2v) is 6.56. The summed E-state index contributed by atoms with van der Waals surface area (Å²) >= 11 is 5.80. The molecule has 9 heteroatoms. The maximum absolute atomic E-state index is 12.5. The number of hydrogen-bond acceptors (Lipinski definition) is 3. The SMILES string of the molecule is O=C(NC(CC(F)F)C(=O)O)C1CCCN(C(=O)c2ccc(Cl)cc2)C1. The van der Waals surface area contributed by atoms with Gasteiger partial charge in [0.1, 0.15) is 6.04 Å². The number of alkyl halides is 2. The second-order valence-electron chi connectivity index (χ2n) is 6.12. The molecular formula is C17H19ClF2N2O4. The average Bonchev–Trinajstić information content (AvgIpc) is 2.60. The van der Waals surface area contributed by atoms with Crippen molar-refractivity contribution in [3.8, 4) is 0 Å². The van der Waals surface area contributed by atoms with Gasteiger partial charge in [0, 0.05) is 30.1 Å². The number of likely N-dealkylation sites (tertiary alicyclic amines) is 1. The van der Waals surface area contributed by atoms with Crippen molar-refractivity contribution in [1.82, 2.24) is 10.2 Å². The number of nitrogens with one attached hydrogen (secondary N) is 1. The number of piperidine rings is 1. The smallest absolute Gasteiger partial charge is 0.326 e. The van der Waals surface area contributed by atoms with Gasteiger partial charge in [0.05, 0.1) is 5.92 Å². The number of carbonyl (C=O) groups is 3. The highest BCUT2D eigenvalue weighted by Crippen LogP contribution is 2.20. The van der Waals surface area contributed by atoms with Crippen molar-refractivity contribution >= 4 is 29.4 Å². The number of rotatable bonds is 6. The fourth-order valence-electron chi connectivity index (χ4n) is 2.84. The Hall–Kier alpha value is -2.22. The number of benzene rings is 1. The summed E-state index contributed by atoms with van der Waals surface area (Å²) in [6.07, 6.45) is -2.78. The fourth-order valence-corrected chi connectivity index (χ4v) is 2.97. The number of carbonyl (C=O) groups excluding carboxylic acids is 2. The third-order valence-corrected chi connectivity index (χ3v) is 4.45. The van der Waals surface area contributed by atoms with E-state index in [4.69, 9.17) is 16.7 Å². The van der Waals surface area contributed by atoms with Crippen LogP contribution in [0, 0.1) is 5.92 Å². The Morgan fingerprint density at radius 2 is 1.92 bits per heavy atom. The summed E-state index contributed by atoms with van der Waals surface area (Å²) in [5.74, 6) is -3.05. The Morgan fingerprint density at radius 1 is 1.27 bits per heavy atom. The predicted octanol–water partition coefficient (Wildman–Crippen LogP) is 2.42. The molecule has 1 aromatic carbocycles. The van der Waals surface area contributed by atoms with Crippen molar-refractivity contribution < 1.29 is 28.3 Å². The van der Waals surface area contributed by atoms with Gasteiger partial charge < -0.3 is 15.3 Å². The maximum Gasteiger partial charge on any atom is 0.326 e. The molecule has 1 saturated heterocycles. The van der Waals surface area contributed by atoms with Crippen molar-refractivity contribution in [3.05, 3.63) is 34.9 Å². The van der Waals surface area contributed by atoms with Gasteiger partial charge >= 0.3 is 5.97 Å². The van der Waals surface area contributed by atoms with Crippen LogP contribution in [0.4, 0.5) is 8.78 Å². The van der Waals surface area contributed by atoms with Gasteiger partial charge in [0.2, 0.25) is 12.3 Å². The molecule has 1 aliphatic heterocycles. The summed E-state index contributed by atoms with van der Waals surface area (Å²) in [6.45, 7) is 0.568. The standard InChI is InChI=1S/C17H19ClF2N2O4/c18-12-5-3-10(4-6-12)16(24)22-7-1-2-11(9-22)15(23)21-13(17(25)26)8-14(19)20/h3-6,11,13-14H,1-2,7-9H2,(H,21,23)(H,25,26). The van der Waals surface area contributed by atoms with E-state index in [9.17, 15) is 23.2 Å². The Morgan fingerprint density at radius 3 is 2.50 bits per heavy atom. The molecule has 0 spiro atoms. The minimum Gasteiger partial charge on any atom is -0.480 e. The first-order valence-electron chi connectivity index (χ1n) is 8.14. The summed E-state index contributed by atoms with van der Waals surface area (Å²) in [7, 11) is 0. The number of amides is 2. The van der Waals surface area contributed by atoms with Crippen molar-refractivity contribution in [2.45, 2.75) is 31.7 Å². The number of halogens is 3. The van der Waals surface area contributed by atoms with Crippen LogP contribution in [0.3, 0.4) is 0 Å². The van der Waals surface area contributed by atoms with Crippen molar-refractivity contribution in [3.63, 3.8) is 0 Å². The summed E-state index contributed by atoms with van der Waals surface area (Å²) in [6, 6.07) is 4.69. The third kappa shape index (κ3) is 5.39. The summed E-state index contributed by atoms with van der Waals surface area (Å²) in [4.78, 5) is 37.3. The lowest BCUT2D eigenvalue weighted by atomic mass is 9.96. The molecule has 0 aliphatic carbocycles. The van der Waals surface area contributed by atoms with Gasteiger partial charge in [-0.1, -0.05) is 11.6 Å². The number of aliphatic carboxylic acids is 1. The highest BCUT2D eigenvalue weighted by atomic mass is 35.5. The Kier molecular flexibility index (Phi) is 6.90. The first kappa shape index (κ1) is 20.1. The summed E-state index contributed by atoms with van der Waals surface area (Å²) in [5, 5.41) is 11.6. The average molecular weight is 389 g/mol. The lowest BCUT2D eigenvalue weighted by Crippen LogP contribution is -2.49. The van der Waals surface area contributed by atoms with Crippen molar-refractivity contribution in [2.24, 2.45) is 5.92 Å². The molecular weight excluding hydrogens is 370 g/mol. The monoisotopic (exact) mass is 388 g/mol. The number of nitrogens with zero attached hydrogens (tertiary/aromatic N) is 1. The minimum atomic E-state index is -2.84. The molecule has 0 bridgehead atoms. The van der Waals surface area contributed by atoms with Crippen LogP contribution >= 0.6 is 11.6 Å². The lowest BCUT2D eigenvalue weighted by molar-refractivity contribution is -0.144. The molecule has 26 heavy (non-hydrogen) atoms. The van der Waals surface area contributed by atoms with Crippen molar-refractivity contribution in [1.29, 1.82) is 0 Å². The molecule has 2 amide bonds. The van der Waals surface area contributed by atoms with E-state index in [1.807, 2.05) is 0 Å². The number of hydrogen-bond donors (Lipinski definition) is 2. The lowest BCUT2D eigenvalue weighted by Gasteiger charge is -2.32.